The van der Waals surface area contributed by atoms with Crippen LogP contribution in [0, 0.1) is 0 Å². The molecule has 3 aromatic rings. The highest BCUT2D eigenvalue weighted by atomic mass is 35.5. The van der Waals surface area contributed by atoms with Gasteiger partial charge in [-0.05, 0) is 49.2 Å². The molecule has 1 aromatic heterocycles. The van der Waals surface area contributed by atoms with E-state index in [2.05, 4.69) is 30.5 Å². The van der Waals surface area contributed by atoms with Gasteiger partial charge in [0.2, 0.25) is 17.8 Å². The second-order valence-electron chi connectivity index (χ2n) is 6.47. The average Bonchev–Trinajstić information content (AvgIpc) is 3.25. The second kappa shape index (κ2) is 8.31. The molecule has 2 heterocycles. The summed E-state index contributed by atoms with van der Waals surface area (Å²) in [6.45, 7) is 1.89. The molecule has 0 amide bonds. The molecular weight excluding hydrogens is 376 g/mol. The summed E-state index contributed by atoms with van der Waals surface area (Å²) in [5.41, 5.74) is 1.70. The quantitative estimate of drug-likeness (QED) is 0.629. The lowest BCUT2D eigenvalue weighted by Crippen LogP contribution is -2.21. The van der Waals surface area contributed by atoms with Gasteiger partial charge in [0, 0.05) is 35.6 Å². The van der Waals surface area contributed by atoms with Crippen LogP contribution in [0.5, 0.6) is 5.75 Å². The first kappa shape index (κ1) is 18.3. The van der Waals surface area contributed by atoms with Gasteiger partial charge in [-0.1, -0.05) is 17.7 Å². The molecule has 28 heavy (non-hydrogen) atoms. The van der Waals surface area contributed by atoms with Crippen molar-refractivity contribution < 1.29 is 4.74 Å². The lowest BCUT2D eigenvalue weighted by Gasteiger charge is -2.17. The first-order valence-electron chi connectivity index (χ1n) is 9.14. The summed E-state index contributed by atoms with van der Waals surface area (Å²) in [6.07, 6.45) is 2.29. The number of benzene rings is 2. The van der Waals surface area contributed by atoms with Crippen LogP contribution in [-0.4, -0.2) is 35.2 Å². The zero-order chi connectivity index (χ0) is 19.3. The zero-order valence-corrected chi connectivity index (χ0v) is 16.3. The Morgan fingerprint density at radius 1 is 0.893 bits per heavy atom. The molecule has 0 spiro atoms. The number of hydrogen-bond donors (Lipinski definition) is 2. The predicted octanol–water partition coefficient (Wildman–Crippen LogP) is 4.62. The standard InChI is InChI=1S/C20H21ClN6O/c1-28-17-6-4-5-16(13-17)23-19-24-18(22-15-9-7-14(21)8-10-15)25-20(26-19)27-11-2-3-12-27/h4-10,13H,2-3,11-12H2,1H3,(H2,22,23,24,25,26). The van der Waals surface area contributed by atoms with E-state index in [1.807, 2.05) is 48.5 Å². The molecule has 0 radical (unpaired) electrons. The molecule has 2 aromatic carbocycles. The van der Waals surface area contributed by atoms with Gasteiger partial charge in [-0.25, -0.2) is 0 Å². The third-order valence-electron chi connectivity index (χ3n) is 4.44. The lowest BCUT2D eigenvalue weighted by molar-refractivity contribution is 0.415. The first-order chi connectivity index (χ1) is 13.7. The van der Waals surface area contributed by atoms with Crippen LogP contribution in [0.3, 0.4) is 0 Å². The van der Waals surface area contributed by atoms with Crippen molar-refractivity contribution in [1.29, 1.82) is 0 Å². The monoisotopic (exact) mass is 396 g/mol. The number of ether oxygens (including phenoxy) is 1. The Kier molecular flexibility index (Phi) is 5.43. The Labute approximate surface area is 168 Å². The number of rotatable bonds is 6. The normalized spacial score (nSPS) is 13.4. The van der Waals surface area contributed by atoms with E-state index < -0.39 is 0 Å². The topological polar surface area (TPSA) is 75.2 Å². The van der Waals surface area contributed by atoms with Gasteiger partial charge in [0.1, 0.15) is 5.75 Å². The molecule has 0 atom stereocenters. The van der Waals surface area contributed by atoms with Crippen molar-refractivity contribution in [1.82, 2.24) is 15.0 Å². The fraction of sp³-hybridized carbons (Fsp3) is 0.250. The smallest absolute Gasteiger partial charge is 0.233 e. The Balaban J connectivity index is 1.63. The summed E-state index contributed by atoms with van der Waals surface area (Å²) in [6, 6.07) is 15.1. The van der Waals surface area contributed by atoms with Crippen molar-refractivity contribution in [3.8, 4) is 5.75 Å². The summed E-state index contributed by atoms with van der Waals surface area (Å²) in [5.74, 6) is 2.37. The Bertz CT molecular complexity index is 944. The maximum atomic E-state index is 5.97. The second-order valence-corrected chi connectivity index (χ2v) is 6.90. The van der Waals surface area contributed by atoms with Gasteiger partial charge >= 0.3 is 0 Å². The minimum absolute atomic E-state index is 0.474. The Morgan fingerprint density at radius 3 is 2.25 bits per heavy atom. The van der Waals surface area contributed by atoms with Gasteiger partial charge in [-0.2, -0.15) is 15.0 Å². The van der Waals surface area contributed by atoms with Crippen molar-refractivity contribution >= 4 is 40.8 Å². The van der Waals surface area contributed by atoms with Crippen LogP contribution in [0.2, 0.25) is 5.02 Å². The van der Waals surface area contributed by atoms with Crippen LogP contribution in [0.4, 0.5) is 29.2 Å². The van der Waals surface area contributed by atoms with E-state index in [4.69, 9.17) is 16.3 Å². The molecule has 1 aliphatic heterocycles. The number of nitrogens with one attached hydrogen (secondary N) is 2. The summed E-state index contributed by atoms with van der Waals surface area (Å²) in [7, 11) is 1.64. The molecule has 4 rings (SSSR count). The third-order valence-corrected chi connectivity index (χ3v) is 4.69. The van der Waals surface area contributed by atoms with E-state index in [0.29, 0.717) is 22.9 Å². The minimum atomic E-state index is 0.474. The molecule has 7 nitrogen and oxygen atoms in total. The maximum absolute atomic E-state index is 5.97. The molecular formula is C20H21ClN6O. The van der Waals surface area contributed by atoms with Crippen molar-refractivity contribution in [3.63, 3.8) is 0 Å². The van der Waals surface area contributed by atoms with Gasteiger partial charge in [0.15, 0.2) is 0 Å². The molecule has 8 heteroatoms. The van der Waals surface area contributed by atoms with Gasteiger partial charge in [0.05, 0.1) is 7.11 Å². The van der Waals surface area contributed by atoms with Crippen LogP contribution in [0.1, 0.15) is 12.8 Å². The predicted molar refractivity (Wildman–Crippen MR) is 112 cm³/mol. The molecule has 2 N–H and O–H groups in total. The van der Waals surface area contributed by atoms with Crippen LogP contribution < -0.4 is 20.3 Å². The van der Waals surface area contributed by atoms with Crippen LogP contribution in [-0.2, 0) is 0 Å². The third kappa shape index (κ3) is 4.43. The van der Waals surface area contributed by atoms with Crippen LogP contribution >= 0.6 is 11.6 Å². The molecule has 0 saturated carbocycles. The van der Waals surface area contributed by atoms with E-state index in [0.717, 1.165) is 43.1 Å². The minimum Gasteiger partial charge on any atom is -0.497 e. The summed E-state index contributed by atoms with van der Waals surface area (Å²) < 4.78 is 5.29. The van der Waals surface area contributed by atoms with E-state index in [1.54, 1.807) is 7.11 Å². The van der Waals surface area contributed by atoms with Crippen LogP contribution in [0.15, 0.2) is 48.5 Å². The summed E-state index contributed by atoms with van der Waals surface area (Å²) in [5, 5.41) is 7.16. The van der Waals surface area contributed by atoms with Gasteiger partial charge in [-0.3, -0.25) is 0 Å². The zero-order valence-electron chi connectivity index (χ0n) is 15.5. The van der Waals surface area contributed by atoms with Crippen molar-refractivity contribution in [2.75, 3.05) is 35.7 Å². The highest BCUT2D eigenvalue weighted by Crippen LogP contribution is 2.24. The fourth-order valence-electron chi connectivity index (χ4n) is 3.03. The van der Waals surface area contributed by atoms with Crippen LogP contribution in [0.25, 0.3) is 0 Å². The van der Waals surface area contributed by atoms with Crippen molar-refractivity contribution in [3.05, 3.63) is 53.6 Å². The van der Waals surface area contributed by atoms with Gasteiger partial charge in [0.25, 0.3) is 0 Å². The van der Waals surface area contributed by atoms with E-state index in [1.165, 1.54) is 0 Å². The molecule has 0 bridgehead atoms. The number of anilines is 5. The first-order valence-corrected chi connectivity index (χ1v) is 9.52. The van der Waals surface area contributed by atoms with Crippen molar-refractivity contribution in [2.24, 2.45) is 0 Å². The molecule has 1 aliphatic rings. The number of nitrogens with zero attached hydrogens (tertiary/aromatic N) is 4. The molecule has 144 valence electrons. The van der Waals surface area contributed by atoms with Crippen molar-refractivity contribution in [2.45, 2.75) is 12.8 Å². The Morgan fingerprint density at radius 2 is 1.57 bits per heavy atom. The molecule has 0 aliphatic carbocycles. The largest absolute Gasteiger partial charge is 0.497 e. The highest BCUT2D eigenvalue weighted by Gasteiger charge is 2.17. The lowest BCUT2D eigenvalue weighted by atomic mass is 10.3. The SMILES string of the molecule is COc1cccc(Nc2nc(Nc3ccc(Cl)cc3)nc(N3CCCC3)n2)c1. The van der Waals surface area contributed by atoms with Gasteiger partial charge in [-0.15, -0.1) is 0 Å². The van der Waals surface area contributed by atoms with E-state index >= 15 is 0 Å². The summed E-state index contributed by atoms with van der Waals surface area (Å²) >= 11 is 5.97. The number of hydrogen-bond acceptors (Lipinski definition) is 7. The fourth-order valence-corrected chi connectivity index (χ4v) is 3.15. The van der Waals surface area contributed by atoms with E-state index in [-0.39, 0.29) is 0 Å². The summed E-state index contributed by atoms with van der Waals surface area (Å²) in [4.78, 5) is 15.9. The molecule has 1 fully saturated rings. The highest BCUT2D eigenvalue weighted by molar-refractivity contribution is 6.30. The number of aromatic nitrogens is 3. The van der Waals surface area contributed by atoms with E-state index in [9.17, 15) is 0 Å². The maximum Gasteiger partial charge on any atom is 0.233 e. The Hall–Kier alpha value is -3.06. The number of halogens is 1. The molecule has 0 unspecified atom stereocenters. The number of methoxy groups -OCH3 is 1. The average molecular weight is 397 g/mol. The van der Waals surface area contributed by atoms with Gasteiger partial charge < -0.3 is 20.3 Å². The molecule has 1 saturated heterocycles.